The van der Waals surface area contributed by atoms with Crippen LogP contribution in [0.25, 0.3) is 10.9 Å². The fraction of sp³-hybridized carbons (Fsp3) is 0.480. The van der Waals surface area contributed by atoms with Gasteiger partial charge in [-0.05, 0) is 42.9 Å². The van der Waals surface area contributed by atoms with Crippen molar-refractivity contribution in [3.63, 3.8) is 0 Å². The van der Waals surface area contributed by atoms with Gasteiger partial charge in [0.15, 0.2) is 5.96 Å². The third kappa shape index (κ3) is 10.1. The SMILES string of the molecule is CSCCC(NC(=O)C(Cc1c[nH]c2ccccc12)NC(=O)C(N)CO)C(=O)NC(CCCN=C(N)N)C(=O)O. The summed E-state index contributed by atoms with van der Waals surface area (Å²) in [7, 11) is 0. The maximum absolute atomic E-state index is 13.4. The summed E-state index contributed by atoms with van der Waals surface area (Å²) in [5.74, 6) is -2.94. The van der Waals surface area contributed by atoms with Crippen LogP contribution in [-0.2, 0) is 25.6 Å². The first-order valence-corrected chi connectivity index (χ1v) is 14.1. The Kier molecular flexibility index (Phi) is 13.2. The Morgan fingerprint density at radius 2 is 1.65 bits per heavy atom. The summed E-state index contributed by atoms with van der Waals surface area (Å²) in [6.07, 6.45) is 4.21. The van der Waals surface area contributed by atoms with Crippen LogP contribution in [0.3, 0.4) is 0 Å². The minimum absolute atomic E-state index is 0.0686. The number of carboxylic acid groups (broad SMARTS) is 1. The number of aliphatic hydroxyl groups excluding tert-OH is 1. The molecule has 0 saturated heterocycles. The van der Waals surface area contributed by atoms with E-state index in [2.05, 4.69) is 25.9 Å². The lowest BCUT2D eigenvalue weighted by atomic mass is 10.0. The highest BCUT2D eigenvalue weighted by atomic mass is 32.2. The summed E-state index contributed by atoms with van der Waals surface area (Å²) in [4.78, 5) is 57.7. The minimum atomic E-state index is -1.25. The van der Waals surface area contributed by atoms with Crippen molar-refractivity contribution in [3.05, 3.63) is 36.0 Å². The maximum Gasteiger partial charge on any atom is 0.326 e. The number of rotatable bonds is 17. The van der Waals surface area contributed by atoms with E-state index in [0.29, 0.717) is 12.2 Å². The molecule has 0 saturated carbocycles. The third-order valence-corrected chi connectivity index (χ3v) is 6.71. The van der Waals surface area contributed by atoms with Crippen molar-refractivity contribution < 1.29 is 29.4 Å². The topological polar surface area (TPSA) is 251 Å². The van der Waals surface area contributed by atoms with Crippen molar-refractivity contribution in [1.82, 2.24) is 20.9 Å². The number of aliphatic hydroxyl groups is 1. The van der Waals surface area contributed by atoms with Crippen LogP contribution in [0.1, 0.15) is 24.8 Å². The molecular formula is C25H38N8O6S. The van der Waals surface area contributed by atoms with Gasteiger partial charge in [-0.25, -0.2) is 4.79 Å². The molecule has 1 aromatic heterocycles. The summed E-state index contributed by atoms with van der Waals surface area (Å²) in [5, 5.41) is 27.4. The number of aromatic nitrogens is 1. The highest BCUT2D eigenvalue weighted by molar-refractivity contribution is 7.98. The maximum atomic E-state index is 13.4. The predicted molar refractivity (Wildman–Crippen MR) is 153 cm³/mol. The number of guanidine groups is 1. The Bertz CT molecular complexity index is 1190. The molecule has 0 spiro atoms. The molecule has 0 fully saturated rings. The molecule has 2 rings (SSSR count). The van der Waals surface area contributed by atoms with Crippen molar-refractivity contribution in [2.45, 2.75) is 49.9 Å². The molecule has 0 aliphatic rings. The van der Waals surface area contributed by atoms with Crippen LogP contribution in [0.15, 0.2) is 35.5 Å². The lowest BCUT2D eigenvalue weighted by Gasteiger charge is -2.25. The Hall–Kier alpha value is -3.82. The summed E-state index contributed by atoms with van der Waals surface area (Å²) in [6.45, 7) is -0.425. The first-order chi connectivity index (χ1) is 19.1. The van der Waals surface area contributed by atoms with E-state index in [0.717, 1.165) is 16.5 Å². The molecule has 0 aliphatic carbocycles. The molecule has 220 valence electrons. The first kappa shape index (κ1) is 32.4. The van der Waals surface area contributed by atoms with E-state index >= 15 is 0 Å². The van der Waals surface area contributed by atoms with Crippen LogP contribution in [0.2, 0.25) is 0 Å². The van der Waals surface area contributed by atoms with Crippen molar-refractivity contribution in [3.8, 4) is 0 Å². The predicted octanol–water partition coefficient (Wildman–Crippen LogP) is -1.62. The number of nitrogens with one attached hydrogen (secondary N) is 4. The van der Waals surface area contributed by atoms with Gasteiger partial charge in [0.1, 0.15) is 24.2 Å². The number of aliphatic carboxylic acids is 1. The molecule has 1 heterocycles. The Balaban J connectivity index is 2.21. The van der Waals surface area contributed by atoms with Gasteiger partial charge < -0.3 is 48.3 Å². The summed E-state index contributed by atoms with van der Waals surface area (Å²) < 4.78 is 0. The van der Waals surface area contributed by atoms with Crippen molar-refractivity contribution in [2.24, 2.45) is 22.2 Å². The van der Waals surface area contributed by atoms with Crippen molar-refractivity contribution in [2.75, 3.05) is 25.2 Å². The number of hydrogen-bond donors (Lipinski definition) is 9. The number of nitrogens with two attached hydrogens (primary N) is 3. The number of carbonyl (C=O) groups is 4. The van der Waals surface area contributed by atoms with Gasteiger partial charge >= 0.3 is 5.97 Å². The van der Waals surface area contributed by atoms with E-state index in [1.807, 2.05) is 30.5 Å². The van der Waals surface area contributed by atoms with Crippen LogP contribution in [0.4, 0.5) is 0 Å². The molecule has 4 unspecified atom stereocenters. The second-order valence-electron chi connectivity index (χ2n) is 9.10. The average Bonchev–Trinajstić information content (AvgIpc) is 3.33. The second-order valence-corrected chi connectivity index (χ2v) is 10.1. The van der Waals surface area contributed by atoms with Crippen molar-refractivity contribution >= 4 is 52.3 Å². The fourth-order valence-electron chi connectivity index (χ4n) is 3.90. The molecule has 4 atom stereocenters. The highest BCUT2D eigenvalue weighted by Crippen LogP contribution is 2.19. The zero-order valence-corrected chi connectivity index (χ0v) is 23.1. The number of H-pyrrole nitrogens is 1. The smallest absolute Gasteiger partial charge is 0.326 e. The average molecular weight is 579 g/mol. The first-order valence-electron chi connectivity index (χ1n) is 12.7. The van der Waals surface area contributed by atoms with E-state index in [4.69, 9.17) is 17.2 Å². The zero-order valence-electron chi connectivity index (χ0n) is 22.3. The minimum Gasteiger partial charge on any atom is -0.480 e. The van der Waals surface area contributed by atoms with Gasteiger partial charge in [0.25, 0.3) is 0 Å². The lowest BCUT2D eigenvalue weighted by Crippen LogP contribution is -2.58. The number of benzene rings is 1. The molecule has 3 amide bonds. The molecule has 2 aromatic rings. The van der Waals surface area contributed by atoms with E-state index < -0.39 is 54.5 Å². The highest BCUT2D eigenvalue weighted by Gasteiger charge is 2.30. The third-order valence-electron chi connectivity index (χ3n) is 6.07. The van der Waals surface area contributed by atoms with Gasteiger partial charge in [0.2, 0.25) is 17.7 Å². The molecule has 1 aromatic carbocycles. The van der Waals surface area contributed by atoms with Gasteiger partial charge in [0.05, 0.1) is 6.61 Å². The van der Waals surface area contributed by atoms with Gasteiger partial charge in [-0.1, -0.05) is 18.2 Å². The molecule has 40 heavy (non-hydrogen) atoms. The fourth-order valence-corrected chi connectivity index (χ4v) is 4.37. The number of carboxylic acids is 1. The van der Waals surface area contributed by atoms with Gasteiger partial charge in [0, 0.05) is 30.1 Å². The standard InChI is InChI=1S/C25H38N8O6S/c1-40-10-8-18(22(36)32-19(24(38)39)7-4-9-29-25(27)28)31-23(37)20(33-21(35)16(26)13-34)11-14-12-30-17-6-3-2-5-15(14)17/h2-3,5-6,12,16,18-20,30,34H,4,7-11,13,26H2,1H3,(H,31,37)(H,32,36)(H,33,35)(H,38,39)(H4,27,28,29). The Morgan fingerprint density at radius 1 is 1.00 bits per heavy atom. The summed E-state index contributed by atoms with van der Waals surface area (Å²) >= 11 is 1.45. The van der Waals surface area contributed by atoms with Crippen LogP contribution in [0, 0.1) is 0 Å². The molecular weight excluding hydrogens is 540 g/mol. The van der Waals surface area contributed by atoms with Crippen LogP contribution < -0.4 is 33.2 Å². The summed E-state index contributed by atoms with van der Waals surface area (Å²) in [6, 6.07) is 2.75. The molecule has 15 heteroatoms. The monoisotopic (exact) mass is 578 g/mol. The normalized spacial score (nSPS) is 14.0. The zero-order chi connectivity index (χ0) is 29.7. The number of carbonyl (C=O) groups excluding carboxylic acids is 3. The second kappa shape index (κ2) is 16.3. The number of nitrogens with zero attached hydrogens (tertiary/aromatic N) is 1. The number of para-hydroxylation sites is 1. The Labute approximate surface area is 235 Å². The molecule has 0 aliphatic heterocycles. The molecule has 0 bridgehead atoms. The van der Waals surface area contributed by atoms with Crippen LogP contribution >= 0.6 is 11.8 Å². The number of fused-ring (bicyclic) bond motifs is 1. The largest absolute Gasteiger partial charge is 0.480 e. The van der Waals surface area contributed by atoms with Gasteiger partial charge in [-0.15, -0.1) is 0 Å². The number of amides is 3. The van der Waals surface area contributed by atoms with E-state index in [9.17, 15) is 29.4 Å². The summed E-state index contributed by atoms with van der Waals surface area (Å²) in [5.41, 5.74) is 17.8. The Morgan fingerprint density at radius 3 is 2.30 bits per heavy atom. The van der Waals surface area contributed by atoms with E-state index in [1.165, 1.54) is 11.8 Å². The molecule has 14 nitrogen and oxygen atoms in total. The van der Waals surface area contributed by atoms with Crippen LogP contribution in [0.5, 0.6) is 0 Å². The van der Waals surface area contributed by atoms with Crippen molar-refractivity contribution in [1.29, 1.82) is 0 Å². The quantitative estimate of drug-likeness (QED) is 0.0589. The number of aliphatic imine (C=N–C) groups is 1. The number of hydrogen-bond acceptors (Lipinski definition) is 8. The number of aromatic amines is 1. The van der Waals surface area contributed by atoms with E-state index in [1.54, 1.807) is 6.20 Å². The van der Waals surface area contributed by atoms with Crippen LogP contribution in [-0.4, -0.2) is 94.2 Å². The number of thioether (sulfide) groups is 1. The molecule has 0 radical (unpaired) electrons. The van der Waals surface area contributed by atoms with Gasteiger partial charge in [-0.3, -0.25) is 19.4 Å². The van der Waals surface area contributed by atoms with Gasteiger partial charge in [-0.2, -0.15) is 11.8 Å². The van der Waals surface area contributed by atoms with E-state index in [-0.39, 0.29) is 31.8 Å². The molecule has 12 N–H and O–H groups in total. The lowest BCUT2D eigenvalue weighted by molar-refractivity contribution is -0.142.